The highest BCUT2D eigenvalue weighted by atomic mass is 16.5. The van der Waals surface area contributed by atoms with E-state index in [4.69, 9.17) is 0 Å². The van der Waals surface area contributed by atoms with Crippen molar-refractivity contribution in [1.82, 2.24) is 0 Å². The smallest absolute Gasteiger partial charge is 0.330 e. The lowest BCUT2D eigenvalue weighted by atomic mass is 10.0. The highest BCUT2D eigenvalue weighted by Crippen LogP contribution is 2.12. The maximum absolute atomic E-state index is 11.0. The van der Waals surface area contributed by atoms with E-state index in [2.05, 4.69) is 37.7 Å². The van der Waals surface area contributed by atoms with Crippen LogP contribution in [0.1, 0.15) is 47.0 Å². The Kier molecular flexibility index (Phi) is 8.99. The summed E-state index contributed by atoms with van der Waals surface area (Å²) >= 11 is 0. The molecule has 0 amide bonds. The fraction of sp³-hybridized carbons (Fsp3) is 0.562. The molecule has 2 heteroatoms. The van der Waals surface area contributed by atoms with E-state index >= 15 is 0 Å². The average molecular weight is 250 g/mol. The van der Waals surface area contributed by atoms with E-state index in [-0.39, 0.29) is 5.97 Å². The van der Waals surface area contributed by atoms with Crippen molar-refractivity contribution in [3.05, 3.63) is 35.5 Å². The van der Waals surface area contributed by atoms with E-state index in [1.54, 1.807) is 0 Å². The zero-order valence-corrected chi connectivity index (χ0v) is 12.3. The molecule has 0 N–H and O–H groups in total. The summed E-state index contributed by atoms with van der Waals surface area (Å²) in [6.07, 6.45) is 11.2. The molecule has 0 aliphatic carbocycles. The van der Waals surface area contributed by atoms with Crippen LogP contribution in [0.5, 0.6) is 0 Å². The Morgan fingerprint density at radius 2 is 1.94 bits per heavy atom. The zero-order valence-electron chi connectivity index (χ0n) is 12.3. The molecule has 0 aliphatic heterocycles. The lowest BCUT2D eigenvalue weighted by Gasteiger charge is -2.05. The monoisotopic (exact) mass is 250 g/mol. The molecule has 0 fully saturated rings. The van der Waals surface area contributed by atoms with Crippen LogP contribution in [0.25, 0.3) is 0 Å². The van der Waals surface area contributed by atoms with Crippen LogP contribution in [-0.4, -0.2) is 13.1 Å². The zero-order chi connectivity index (χ0) is 14.0. The van der Waals surface area contributed by atoms with E-state index in [9.17, 15) is 4.79 Å². The molecule has 0 saturated heterocycles. The first-order valence-corrected chi connectivity index (χ1v) is 6.58. The summed E-state index contributed by atoms with van der Waals surface area (Å²) in [6, 6.07) is 0. The highest BCUT2D eigenvalue weighted by Gasteiger charge is 1.98. The van der Waals surface area contributed by atoms with Crippen molar-refractivity contribution in [3.8, 4) is 0 Å². The molecule has 1 unspecified atom stereocenters. The van der Waals surface area contributed by atoms with Gasteiger partial charge < -0.3 is 4.74 Å². The molecule has 0 saturated carbocycles. The Bertz CT molecular complexity index is 335. The fourth-order valence-electron chi connectivity index (χ4n) is 1.42. The molecule has 102 valence electrons. The standard InChI is InChI=1S/C16H26O2/c1-6-13(2)10-11-14(3)8-7-9-15(4)12-16(17)18-5/h7,9-10,12,14H,6,8,11H2,1-5H3. The third-order valence-corrected chi connectivity index (χ3v) is 2.89. The fourth-order valence-corrected chi connectivity index (χ4v) is 1.42. The van der Waals surface area contributed by atoms with Gasteiger partial charge in [-0.1, -0.05) is 37.6 Å². The van der Waals surface area contributed by atoms with Crippen molar-refractivity contribution in [2.24, 2.45) is 5.92 Å². The second-order valence-corrected chi connectivity index (χ2v) is 4.79. The Morgan fingerprint density at radius 3 is 2.50 bits per heavy atom. The molecule has 2 nitrogen and oxygen atoms in total. The summed E-state index contributed by atoms with van der Waals surface area (Å²) in [5, 5.41) is 0. The SMILES string of the molecule is CCC(C)=CCC(C)CC=CC(C)=CC(=O)OC. The molecule has 0 aromatic heterocycles. The van der Waals surface area contributed by atoms with Crippen LogP contribution < -0.4 is 0 Å². The van der Waals surface area contributed by atoms with E-state index in [0.29, 0.717) is 5.92 Å². The number of hydrogen-bond acceptors (Lipinski definition) is 2. The van der Waals surface area contributed by atoms with Crippen LogP contribution in [0.2, 0.25) is 0 Å². The van der Waals surface area contributed by atoms with Gasteiger partial charge in [0.25, 0.3) is 0 Å². The predicted octanol–water partition coefficient (Wildman–Crippen LogP) is 4.43. The summed E-state index contributed by atoms with van der Waals surface area (Å²) in [7, 11) is 1.39. The van der Waals surface area contributed by atoms with Gasteiger partial charge >= 0.3 is 5.97 Å². The molecule has 0 bridgehead atoms. The number of allylic oxidation sites excluding steroid dienone is 5. The van der Waals surface area contributed by atoms with Gasteiger partial charge in [0.05, 0.1) is 7.11 Å². The van der Waals surface area contributed by atoms with Gasteiger partial charge in [-0.3, -0.25) is 0 Å². The highest BCUT2D eigenvalue weighted by molar-refractivity contribution is 5.83. The first-order valence-electron chi connectivity index (χ1n) is 6.58. The van der Waals surface area contributed by atoms with Crippen molar-refractivity contribution in [2.45, 2.75) is 47.0 Å². The Morgan fingerprint density at radius 1 is 1.28 bits per heavy atom. The van der Waals surface area contributed by atoms with E-state index in [1.165, 1.54) is 18.8 Å². The van der Waals surface area contributed by atoms with Crippen molar-refractivity contribution in [1.29, 1.82) is 0 Å². The number of rotatable bonds is 7. The minimum Gasteiger partial charge on any atom is -0.466 e. The van der Waals surface area contributed by atoms with Crippen LogP contribution >= 0.6 is 0 Å². The molecule has 0 aliphatic rings. The lowest BCUT2D eigenvalue weighted by molar-refractivity contribution is -0.134. The maximum Gasteiger partial charge on any atom is 0.330 e. The van der Waals surface area contributed by atoms with Gasteiger partial charge in [-0.15, -0.1) is 0 Å². The summed E-state index contributed by atoms with van der Waals surface area (Å²) in [5.74, 6) is 0.334. The first-order chi connectivity index (χ1) is 8.49. The van der Waals surface area contributed by atoms with Gasteiger partial charge in [-0.05, 0) is 44.6 Å². The normalized spacial score (nSPS) is 14.9. The molecule has 0 rings (SSSR count). The molecular formula is C16H26O2. The topological polar surface area (TPSA) is 26.3 Å². The number of ether oxygens (including phenoxy) is 1. The van der Waals surface area contributed by atoms with Crippen LogP contribution in [0.4, 0.5) is 0 Å². The second kappa shape index (κ2) is 9.69. The average Bonchev–Trinajstić information content (AvgIpc) is 2.35. The van der Waals surface area contributed by atoms with Crippen molar-refractivity contribution >= 4 is 5.97 Å². The van der Waals surface area contributed by atoms with Crippen molar-refractivity contribution < 1.29 is 9.53 Å². The molecule has 0 spiro atoms. The Hall–Kier alpha value is -1.31. The third-order valence-electron chi connectivity index (χ3n) is 2.89. The van der Waals surface area contributed by atoms with E-state index in [1.807, 2.05) is 13.0 Å². The lowest BCUT2D eigenvalue weighted by Crippen LogP contribution is -1.95. The Labute approximate surface area is 111 Å². The van der Waals surface area contributed by atoms with Crippen LogP contribution in [-0.2, 0) is 9.53 Å². The van der Waals surface area contributed by atoms with Crippen molar-refractivity contribution in [3.63, 3.8) is 0 Å². The molecule has 0 aromatic carbocycles. The minimum atomic E-state index is -0.299. The summed E-state index contributed by atoms with van der Waals surface area (Å²) < 4.78 is 4.57. The summed E-state index contributed by atoms with van der Waals surface area (Å²) in [5.41, 5.74) is 2.38. The van der Waals surface area contributed by atoms with Gasteiger partial charge in [-0.2, -0.15) is 0 Å². The van der Waals surface area contributed by atoms with Crippen molar-refractivity contribution in [2.75, 3.05) is 7.11 Å². The van der Waals surface area contributed by atoms with Gasteiger partial charge in [-0.25, -0.2) is 4.79 Å². The summed E-state index contributed by atoms with van der Waals surface area (Å²) in [6.45, 7) is 8.49. The predicted molar refractivity (Wildman–Crippen MR) is 77.4 cm³/mol. The number of esters is 1. The van der Waals surface area contributed by atoms with E-state index < -0.39 is 0 Å². The second-order valence-electron chi connectivity index (χ2n) is 4.79. The summed E-state index contributed by atoms with van der Waals surface area (Å²) in [4.78, 5) is 11.0. The molecule has 0 radical (unpaired) electrons. The molecule has 1 atom stereocenters. The number of carbonyl (C=O) groups excluding carboxylic acids is 1. The molecular weight excluding hydrogens is 224 g/mol. The quantitative estimate of drug-likeness (QED) is 0.289. The maximum atomic E-state index is 11.0. The number of hydrogen-bond donors (Lipinski definition) is 0. The molecule has 18 heavy (non-hydrogen) atoms. The van der Waals surface area contributed by atoms with Gasteiger partial charge in [0.2, 0.25) is 0 Å². The minimum absolute atomic E-state index is 0.299. The van der Waals surface area contributed by atoms with E-state index in [0.717, 1.165) is 24.8 Å². The van der Waals surface area contributed by atoms with Crippen LogP contribution in [0, 0.1) is 5.92 Å². The number of methoxy groups -OCH3 is 1. The van der Waals surface area contributed by atoms with Crippen LogP contribution in [0.3, 0.4) is 0 Å². The molecule has 0 heterocycles. The first kappa shape index (κ1) is 16.7. The van der Waals surface area contributed by atoms with Gasteiger partial charge in [0, 0.05) is 6.08 Å². The van der Waals surface area contributed by atoms with Gasteiger partial charge in [0.15, 0.2) is 0 Å². The largest absolute Gasteiger partial charge is 0.466 e. The third kappa shape index (κ3) is 8.80. The van der Waals surface area contributed by atoms with Crippen LogP contribution in [0.15, 0.2) is 35.5 Å². The van der Waals surface area contributed by atoms with Gasteiger partial charge in [0.1, 0.15) is 0 Å². The number of carbonyl (C=O) groups is 1. The Balaban J connectivity index is 4.09. The molecule has 0 aromatic rings.